The van der Waals surface area contributed by atoms with Gasteiger partial charge in [0.05, 0.1) is 29.0 Å². The fourth-order valence-electron chi connectivity index (χ4n) is 9.85. The Balaban J connectivity index is 0.777. The Morgan fingerprint density at radius 1 is 0.952 bits per heavy atom. The number of fused-ring (bicyclic) bond motifs is 4. The van der Waals surface area contributed by atoms with Gasteiger partial charge in [0.2, 0.25) is 23.5 Å². The number of aryl methyl sites for hydroxylation is 2. The number of pyridine rings is 1. The number of nitrogens with zero attached hydrogens (tertiary/aromatic N) is 8. The molecule has 7 heterocycles. The van der Waals surface area contributed by atoms with E-state index in [9.17, 15) is 14.4 Å². The second kappa shape index (κ2) is 15.7. The molecular weight excluding hydrogens is 825 g/mol. The van der Waals surface area contributed by atoms with Crippen molar-refractivity contribution in [1.29, 1.82) is 0 Å². The topological polar surface area (TPSA) is 143 Å². The number of piperidine rings is 3. The number of carbonyl (C=O) groups excluding carboxylic acids is 2. The first-order valence-corrected chi connectivity index (χ1v) is 21.9. The van der Waals surface area contributed by atoms with Gasteiger partial charge in [0, 0.05) is 75.5 Å². The lowest BCUT2D eigenvalue weighted by Crippen LogP contribution is -2.45. The fraction of sp³-hybridized carbons (Fsp3) is 0.500. The molecule has 3 aromatic heterocycles. The molecule has 62 heavy (non-hydrogen) atoms. The lowest BCUT2D eigenvalue weighted by molar-refractivity contribution is -0.129. The number of rotatable bonds is 8. The van der Waals surface area contributed by atoms with Crippen molar-refractivity contribution >= 4 is 74.2 Å². The maximum atomic E-state index is 16.0. The largest absolute Gasteiger partial charge is 0.480 e. The lowest BCUT2D eigenvalue weighted by atomic mass is 9.86. The van der Waals surface area contributed by atoms with E-state index in [-0.39, 0.29) is 35.1 Å². The van der Waals surface area contributed by atoms with Gasteiger partial charge in [-0.1, -0.05) is 17.7 Å². The molecule has 2 amide bonds. The second-order valence-electron chi connectivity index (χ2n) is 17.6. The molecule has 0 unspecified atom stereocenters. The van der Waals surface area contributed by atoms with E-state index >= 15 is 13.2 Å². The van der Waals surface area contributed by atoms with E-state index in [2.05, 4.69) is 30.5 Å². The number of amides is 2. The van der Waals surface area contributed by atoms with Crippen molar-refractivity contribution in [3.8, 4) is 5.75 Å². The predicted molar refractivity (Wildman–Crippen MR) is 231 cm³/mol. The van der Waals surface area contributed by atoms with Crippen LogP contribution in [0.25, 0.3) is 21.8 Å². The number of ether oxygens (including phenoxy) is 1. The molecule has 18 heteroatoms. The Bertz CT molecular complexity index is 2650. The van der Waals surface area contributed by atoms with Crippen LogP contribution in [-0.4, -0.2) is 98.5 Å². The smallest absolute Gasteiger partial charge is 0.301 e. The van der Waals surface area contributed by atoms with Gasteiger partial charge in [-0.25, -0.2) is 23.1 Å². The summed E-state index contributed by atoms with van der Waals surface area (Å²) in [4.78, 5) is 53.4. The van der Waals surface area contributed by atoms with E-state index in [0.717, 1.165) is 50.1 Å². The van der Waals surface area contributed by atoms with Crippen molar-refractivity contribution in [3.63, 3.8) is 0 Å². The number of carbonyl (C=O) groups is 2. The number of nitrogens with one attached hydrogen (secondary N) is 2. The monoisotopic (exact) mass is 872 g/mol. The zero-order valence-corrected chi connectivity index (χ0v) is 35.3. The molecule has 0 bridgehead atoms. The number of halogens is 4. The van der Waals surface area contributed by atoms with Gasteiger partial charge < -0.3 is 29.7 Å². The summed E-state index contributed by atoms with van der Waals surface area (Å²) in [5.74, 6) is -2.59. The van der Waals surface area contributed by atoms with Crippen LogP contribution in [0.5, 0.6) is 5.75 Å². The summed E-state index contributed by atoms with van der Waals surface area (Å²) in [5, 5.41) is 12.4. The lowest BCUT2D eigenvalue weighted by Gasteiger charge is -2.39. The van der Waals surface area contributed by atoms with Gasteiger partial charge in [0.1, 0.15) is 11.2 Å². The van der Waals surface area contributed by atoms with Gasteiger partial charge in [-0.3, -0.25) is 19.1 Å². The van der Waals surface area contributed by atoms with Crippen LogP contribution in [0.4, 0.5) is 42.1 Å². The molecule has 2 N–H and O–H groups in total. The molecule has 1 saturated carbocycles. The van der Waals surface area contributed by atoms with Gasteiger partial charge >= 0.3 is 5.92 Å². The molecular formula is C44H48ClF3N10O4. The first kappa shape index (κ1) is 40.6. The summed E-state index contributed by atoms with van der Waals surface area (Å²) in [6, 6.07) is 9.91. The third-order valence-electron chi connectivity index (χ3n) is 13.4. The summed E-state index contributed by atoms with van der Waals surface area (Å²) < 4.78 is 54.9. The van der Waals surface area contributed by atoms with Crippen LogP contribution < -0.4 is 30.7 Å². The maximum absolute atomic E-state index is 16.0. The van der Waals surface area contributed by atoms with Crippen LogP contribution in [-0.2, 0) is 23.7 Å². The highest BCUT2D eigenvalue weighted by Gasteiger charge is 2.51. The Morgan fingerprint density at radius 2 is 1.73 bits per heavy atom. The van der Waals surface area contributed by atoms with Crippen LogP contribution >= 0.6 is 11.6 Å². The van der Waals surface area contributed by atoms with E-state index in [1.54, 1.807) is 43.2 Å². The Morgan fingerprint density at radius 3 is 2.47 bits per heavy atom. The van der Waals surface area contributed by atoms with Crippen molar-refractivity contribution in [2.24, 2.45) is 25.9 Å². The highest BCUT2D eigenvalue weighted by molar-refractivity contribution is 6.33. The van der Waals surface area contributed by atoms with Gasteiger partial charge in [-0.05, 0) is 92.8 Å². The Kier molecular flexibility index (Phi) is 10.3. The normalized spacial score (nSPS) is 23.6. The molecule has 14 nitrogen and oxygen atoms in total. The third-order valence-corrected chi connectivity index (χ3v) is 13.7. The standard InChI is InChI=1S/C44H48ClF3N10O4/c1-54-33-11-9-27(19-30(33)37-38(42(54)61)62-23-44(47,48)39(51-37)25-6-7-25)50-40-31(45)20-49-43(52-40)57-16-12-24(13-17-57)21-56-15-14-28(32(46)22-56)26-8-10-29-34(18-26)55(2)53-41(29)58-35(59)4-3-5-36(58)60/h8-11,18-20,24-25,28,32,39,51H,3-7,12-17,21-23H2,1-2H3,(H,49,50,52)/t28-,32+,39+/m1/s1. The molecule has 0 radical (unpaired) electrons. The number of benzene rings is 2. The van der Waals surface area contributed by atoms with E-state index < -0.39 is 30.3 Å². The average molecular weight is 873 g/mol. The average Bonchev–Trinajstić information content (AvgIpc) is 4.06. The van der Waals surface area contributed by atoms with Crippen LogP contribution in [0.2, 0.25) is 5.02 Å². The number of anilines is 5. The first-order chi connectivity index (χ1) is 29.8. The second-order valence-corrected chi connectivity index (χ2v) is 18.0. The van der Waals surface area contributed by atoms with Crippen LogP contribution in [0.15, 0.2) is 47.4 Å². The van der Waals surface area contributed by atoms with E-state index in [0.29, 0.717) is 95.6 Å². The summed E-state index contributed by atoms with van der Waals surface area (Å²) in [7, 11) is 3.37. The van der Waals surface area contributed by atoms with Crippen molar-refractivity contribution in [3.05, 3.63) is 63.5 Å². The van der Waals surface area contributed by atoms with Crippen molar-refractivity contribution in [1.82, 2.24) is 29.2 Å². The highest BCUT2D eigenvalue weighted by atomic mass is 35.5. The first-order valence-electron chi connectivity index (χ1n) is 21.5. The summed E-state index contributed by atoms with van der Waals surface area (Å²) in [6.07, 6.45) is 5.51. The van der Waals surface area contributed by atoms with Gasteiger partial charge in [-0.15, -0.1) is 0 Å². The predicted octanol–water partition coefficient (Wildman–Crippen LogP) is 6.92. The molecule has 0 spiro atoms. The fourth-order valence-corrected chi connectivity index (χ4v) is 9.99. The molecule has 3 saturated heterocycles. The van der Waals surface area contributed by atoms with Gasteiger partial charge in [-0.2, -0.15) is 10.1 Å². The van der Waals surface area contributed by atoms with Gasteiger partial charge in [0.15, 0.2) is 18.2 Å². The molecule has 5 aromatic rings. The third kappa shape index (κ3) is 7.39. The maximum Gasteiger partial charge on any atom is 0.301 e. The van der Waals surface area contributed by atoms with Crippen LogP contribution in [0, 0.1) is 11.8 Å². The van der Waals surface area contributed by atoms with E-state index in [1.807, 2.05) is 18.2 Å². The minimum atomic E-state index is -3.14. The number of likely N-dealkylation sites (tertiary alicyclic amines) is 1. The van der Waals surface area contributed by atoms with Gasteiger partial charge in [0.25, 0.3) is 5.56 Å². The number of alkyl halides is 3. The summed E-state index contributed by atoms with van der Waals surface area (Å²) in [5.41, 5.74) is 2.58. The number of aromatic nitrogens is 5. The number of hydrogen-bond donors (Lipinski definition) is 2. The van der Waals surface area contributed by atoms with Crippen molar-refractivity contribution in [2.45, 2.75) is 75.4 Å². The molecule has 2 aromatic carbocycles. The van der Waals surface area contributed by atoms with Crippen molar-refractivity contribution < 1.29 is 27.5 Å². The summed E-state index contributed by atoms with van der Waals surface area (Å²) >= 11 is 6.61. The molecule has 4 aliphatic heterocycles. The minimum Gasteiger partial charge on any atom is -0.480 e. The molecule has 5 aliphatic rings. The zero-order chi connectivity index (χ0) is 43.0. The number of hydrogen-bond acceptors (Lipinski definition) is 11. The molecule has 4 fully saturated rings. The molecule has 1 aliphatic carbocycles. The van der Waals surface area contributed by atoms with Crippen molar-refractivity contribution in [2.75, 3.05) is 59.8 Å². The Hall–Kier alpha value is -5.42. The van der Waals surface area contributed by atoms with Crippen LogP contribution in [0.3, 0.4) is 0 Å². The van der Waals surface area contributed by atoms with E-state index in [4.69, 9.17) is 21.3 Å². The van der Waals surface area contributed by atoms with E-state index in [1.165, 1.54) is 9.47 Å². The summed E-state index contributed by atoms with van der Waals surface area (Å²) in [6.45, 7) is 2.49. The molecule has 326 valence electrons. The number of imide groups is 1. The SMILES string of the molecule is Cn1nc(N2C(=O)CCCC2=O)c2ccc([C@H]3CCN(CC4CCN(c5ncc(Cl)c(Nc6ccc7c(c6)c6c(c(=O)n7C)OCC(F)(F)[C@H](C7CC7)N6)n5)CC4)C[C@@H]3F)cc21. The zero-order valence-electron chi connectivity index (χ0n) is 34.6. The molecule has 10 rings (SSSR count). The highest BCUT2D eigenvalue weighted by Crippen LogP contribution is 2.46. The van der Waals surface area contributed by atoms with Crippen LogP contribution in [0.1, 0.15) is 62.8 Å². The quantitative estimate of drug-likeness (QED) is 0.157. The minimum absolute atomic E-state index is 0.123. The molecule has 3 atom stereocenters. The Labute approximate surface area is 360 Å².